The molecule has 0 aromatic carbocycles. The summed E-state index contributed by atoms with van der Waals surface area (Å²) in [5.74, 6) is 0. The summed E-state index contributed by atoms with van der Waals surface area (Å²) in [7, 11) is -9.03. The van der Waals surface area contributed by atoms with Gasteiger partial charge in [-0.1, -0.05) is 13.3 Å². The molecule has 325 valence electrons. The number of nitrogens with two attached hydrogens (primary N) is 6. The molecule has 1 aromatic rings. The molecule has 0 atom stereocenters. The quantitative estimate of drug-likeness (QED) is 0.108. The molecule has 11 radical (unpaired) electrons. The molecule has 0 unspecified atom stereocenters. The van der Waals surface area contributed by atoms with Crippen molar-refractivity contribution in [2.24, 2.45) is 5.73 Å². The molecule has 0 spiro atoms. The minimum absolute atomic E-state index is 0. The van der Waals surface area contributed by atoms with Crippen molar-refractivity contribution in [2.45, 2.75) is 39.3 Å². The fourth-order valence-corrected chi connectivity index (χ4v) is 1.38. The summed E-state index contributed by atoms with van der Waals surface area (Å²) < 4.78 is 20.1. The summed E-state index contributed by atoms with van der Waals surface area (Å²) in [6.07, 6.45) is 8.08. The average molecular weight is 4810 g/mol. The number of hydrogen-bond acceptors (Lipinski definition) is 3. The Morgan fingerprint density at radius 1 is 0.688 bits per heavy atom. The molecule has 1 rings (SSSR count). The first-order chi connectivity index (χ1) is 10.4. The van der Waals surface area contributed by atoms with Gasteiger partial charge in [0.15, 0.2) is 12.4 Å². The van der Waals surface area contributed by atoms with Crippen molar-refractivity contribution in [3.8, 4) is 0 Å². The summed E-state index contributed by atoms with van der Waals surface area (Å²) in [5, 5.41) is 0. The van der Waals surface area contributed by atoms with Gasteiger partial charge in [-0.3, -0.25) is 9.79 Å². The molecule has 0 bridgehead atoms. The topological polar surface area (TPSA) is 420 Å². The molecule has 0 fully saturated rings. The van der Waals surface area contributed by atoms with Crippen LogP contribution in [-0.4, -0.2) is 34.8 Å². The van der Waals surface area contributed by atoms with E-state index in [4.69, 9.17) is 44.2 Å². The van der Waals surface area contributed by atoms with Crippen LogP contribution in [0.5, 0.6) is 0 Å². The predicted octanol–water partition coefficient (Wildman–Crippen LogP) is 1.34. The van der Waals surface area contributed by atoms with E-state index in [0.717, 1.165) is 6.54 Å². The third-order valence-electron chi connectivity index (χ3n) is 2.18. The van der Waals surface area contributed by atoms with Crippen LogP contribution in [0.4, 0.5) is 0 Å². The van der Waals surface area contributed by atoms with Crippen molar-refractivity contribution in [2.75, 3.05) is 0 Å². The van der Waals surface area contributed by atoms with Crippen LogP contribution in [0.2, 0.25) is 0 Å². The minimum Gasteiger partial charge on any atom is -0.693 e. The first kappa shape index (κ1) is 203. The zero-order valence-electron chi connectivity index (χ0n) is 24.9. The number of unbranched alkanes of at least 4 members (excludes halogenated alkanes) is 2. The second kappa shape index (κ2) is 131. The maximum Gasteiger partial charge on any atom is 0.628 e. The SMILES string of the molecule is CCCCC[n+]1cccc(CN)c1.O.O=P(O)(O)O.O=P(O)(O)[OH2+].[Ac].[Ac].[Ac].[Ac].[Ac].[Ac].[Ac].[Ac].[Ac].[Ac].[NH2-].[NH2-].[NH2-].[NH2-].[NH2-].[No].[No].[No].[No].[No].[No].[No].[Np].[OH3+]. The van der Waals surface area contributed by atoms with Gasteiger partial charge in [0.25, 0.3) is 0 Å². The van der Waals surface area contributed by atoms with E-state index in [2.05, 4.69) is 36.0 Å². The maximum atomic E-state index is 8.99. The van der Waals surface area contributed by atoms with Crippen LogP contribution < -0.4 is 10.3 Å². The first-order valence-corrected chi connectivity index (χ1v) is 9.81. The van der Waals surface area contributed by atoms with Crippen molar-refractivity contribution < 1.29 is 525 Å². The van der Waals surface area contributed by atoms with E-state index in [9.17, 15) is 0 Å². The van der Waals surface area contributed by atoms with E-state index in [-0.39, 0.29) is 512 Å². The Morgan fingerprint density at radius 2 is 0.917 bits per heavy atom. The number of rotatable bonds is 5. The van der Waals surface area contributed by atoms with Crippen molar-refractivity contribution >= 4 is 15.6 Å². The van der Waals surface area contributed by atoms with E-state index in [0.29, 0.717) is 6.54 Å². The van der Waals surface area contributed by atoms with Gasteiger partial charge >= 0.3 is 15.6 Å². The Hall–Kier alpha value is 7.48. The Kier molecular flexibility index (Phi) is 554. The number of pyridine rings is 1. The van der Waals surface area contributed by atoms with Gasteiger partial charge in [-0.25, -0.2) is 9.13 Å². The fourth-order valence-electron chi connectivity index (χ4n) is 1.38. The van der Waals surface area contributed by atoms with Gasteiger partial charge in [0.05, 0.1) is 0 Å². The Labute approximate surface area is 625 Å². The third-order valence-corrected chi connectivity index (χ3v) is 2.18. The number of aromatic nitrogens is 1. The number of aryl methyl sites for hydroxylation is 1. The molecule has 0 aliphatic carbocycles. The monoisotopic (exact) mass is 4810 g/mol. The third kappa shape index (κ3) is 246. The van der Waals surface area contributed by atoms with Gasteiger partial charge in [-0.15, -0.1) is 0 Å². The van der Waals surface area contributed by atoms with E-state index in [1.165, 1.54) is 24.8 Å². The molecule has 0 aliphatic rings. The molecule has 1 heterocycles. The molecular weight excluding hydrogens is 4770 g/mol. The van der Waals surface area contributed by atoms with Crippen LogP contribution in [0.15, 0.2) is 24.5 Å². The zero-order chi connectivity index (χ0) is 18.5. The Morgan fingerprint density at radius 3 is 1.10 bits per heavy atom. The molecule has 48 heavy (non-hydrogen) atoms. The standard InChI is InChI=1S/C11H19N2.10Ac.5H2N.7No.Np.2H3O4P.2H2O/c1-2-3-4-7-13-8-5-6-11(9-12)10-13;;;;;;;;;;;;;;;;;;;;;;;;2*1-5(2,3)4;;/h5-6,8,10H,2-4,7,9,12H2,1H3;;;;;;;;;;;5*1H2;;;;;;;;;2*(H3,1,2,3,4);2*1H2/q+1;;;;;;;;;;;5*-1;;;;;;;;;;;;/p+2. The zero-order valence-corrected chi connectivity index (χ0v) is 93.4. The molecule has 0 amide bonds. The van der Waals surface area contributed by atoms with E-state index < -0.39 is 15.6 Å². The van der Waals surface area contributed by atoms with Gasteiger partial charge in [0.2, 0.25) is 0 Å². The minimum atomic E-state index is -4.64. The molecule has 0 saturated carbocycles. The second-order valence-corrected chi connectivity index (χ2v) is 6.53. The van der Waals surface area contributed by atoms with Crippen LogP contribution in [0.3, 0.4) is 0 Å². The Balaban J connectivity index is -0.00000000468. The van der Waals surface area contributed by atoms with Gasteiger partial charge in [0.1, 0.15) is 6.54 Å². The maximum absolute atomic E-state index is 8.99. The molecule has 24 N–H and O–H groups in total. The molecule has 17 nitrogen and oxygen atoms in total. The van der Waals surface area contributed by atoms with Crippen LogP contribution in [0, 0.1) is 471 Å². The van der Waals surface area contributed by atoms with E-state index >= 15 is 0 Å². The number of nitrogens with zero attached hydrogens (tertiary/aromatic N) is 1. The summed E-state index contributed by atoms with van der Waals surface area (Å²) in [5.41, 5.74) is 6.77. The predicted molar refractivity (Wildman–Crippen MR) is 119 cm³/mol. The summed E-state index contributed by atoms with van der Waals surface area (Å²) in [6, 6.07) is 4.13. The normalized spacial score (nSPS) is 5.25. The summed E-state index contributed by atoms with van der Waals surface area (Å²) in [4.78, 5) is 41.8. The molecule has 0 aliphatic heterocycles. The molecular formula is C11H41Ac10N7No7NpO10P2-2. The van der Waals surface area contributed by atoms with Crippen LogP contribution in [0.25, 0.3) is 30.8 Å². The van der Waals surface area contributed by atoms with Gasteiger partial charge in [-0.05, 0) is 12.5 Å². The number of phosphoric acid groups is 1. The van der Waals surface area contributed by atoms with Gasteiger partial charge in [-0.2, -0.15) is 4.57 Å². The largest absolute Gasteiger partial charge is 0.693 e. The van der Waals surface area contributed by atoms with Crippen molar-refractivity contribution in [1.29, 1.82) is 0 Å². The fraction of sp³-hybridized carbons (Fsp3) is 0.545. The van der Waals surface area contributed by atoms with Gasteiger partial charge in [0, 0.05) is 495 Å². The molecule has 37 heteroatoms. The van der Waals surface area contributed by atoms with E-state index in [1.807, 2.05) is 0 Å². The van der Waals surface area contributed by atoms with Crippen LogP contribution in [0.1, 0.15) is 31.7 Å². The van der Waals surface area contributed by atoms with Crippen molar-refractivity contribution in [1.82, 2.24) is 0 Å². The molecule has 0 saturated heterocycles. The Bertz CT molecular complexity index is 564. The first-order valence-electron chi connectivity index (χ1n) is 6.63. The van der Waals surface area contributed by atoms with Crippen LogP contribution >= 0.6 is 15.6 Å². The van der Waals surface area contributed by atoms with E-state index in [1.54, 1.807) is 0 Å². The molecule has 1 aromatic heterocycles. The van der Waals surface area contributed by atoms with Crippen molar-refractivity contribution in [3.05, 3.63) is 60.8 Å². The van der Waals surface area contributed by atoms with Crippen LogP contribution in [-0.2, 0) is 27.7 Å². The van der Waals surface area contributed by atoms with Crippen molar-refractivity contribution in [3.63, 3.8) is 0 Å². The number of hydrogen-bond donors (Lipinski definition) is 6. The second-order valence-electron chi connectivity index (χ2n) is 4.42. The average Bonchev–Trinajstić information content (AvgIpc) is 2.35. The smallest absolute Gasteiger partial charge is 0.628 e. The van der Waals surface area contributed by atoms with Gasteiger partial charge < -0.3 is 67.0 Å². The summed E-state index contributed by atoms with van der Waals surface area (Å²) >= 11 is 0. The summed E-state index contributed by atoms with van der Waals surface area (Å²) in [6.45, 7) is 3.97.